The lowest BCUT2D eigenvalue weighted by molar-refractivity contribution is -0.254. The van der Waals surface area contributed by atoms with Gasteiger partial charge in [0.1, 0.15) is 6.10 Å². The van der Waals surface area contributed by atoms with Crippen molar-refractivity contribution >= 4 is 5.97 Å². The van der Waals surface area contributed by atoms with E-state index >= 15 is 0 Å². The topological polar surface area (TPSA) is 26.3 Å². The second-order valence-electron chi connectivity index (χ2n) is 20.1. The van der Waals surface area contributed by atoms with Crippen molar-refractivity contribution < 1.29 is 9.53 Å². The van der Waals surface area contributed by atoms with Gasteiger partial charge in [-0.3, -0.25) is 4.79 Å². The average Bonchev–Trinajstić information content (AvgIpc) is 3.03. The summed E-state index contributed by atoms with van der Waals surface area (Å²) in [6, 6.07) is 0. The highest BCUT2D eigenvalue weighted by Gasteiger charge is 2.70. The van der Waals surface area contributed by atoms with Crippen LogP contribution in [0.25, 0.3) is 0 Å². The van der Waals surface area contributed by atoms with E-state index in [1.807, 2.05) is 0 Å². The first kappa shape index (κ1) is 38.4. The van der Waals surface area contributed by atoms with Crippen LogP contribution >= 0.6 is 0 Å². The van der Waals surface area contributed by atoms with Gasteiger partial charge in [-0.1, -0.05) is 145 Å². The van der Waals surface area contributed by atoms with Crippen LogP contribution in [0.5, 0.6) is 0 Å². The molecular formula is C46H80O2. The third kappa shape index (κ3) is 7.14. The van der Waals surface area contributed by atoms with Crippen LogP contribution < -0.4 is 0 Å². The van der Waals surface area contributed by atoms with Crippen molar-refractivity contribution in [2.24, 2.45) is 56.7 Å². The minimum atomic E-state index is 0.0402. The van der Waals surface area contributed by atoms with Gasteiger partial charge in [0, 0.05) is 11.8 Å². The summed E-state index contributed by atoms with van der Waals surface area (Å²) in [6.07, 6.45) is 31.2. The maximum atomic E-state index is 13.2. The highest BCUT2D eigenvalue weighted by molar-refractivity contribution is 5.69. The summed E-state index contributed by atoms with van der Waals surface area (Å²) < 4.78 is 6.42. The Balaban J connectivity index is 1.11. The number of fused-ring (bicyclic) bond motifs is 7. The molecule has 0 aromatic rings. The van der Waals surface area contributed by atoms with Gasteiger partial charge in [0.2, 0.25) is 0 Å². The minimum Gasteiger partial charge on any atom is -0.462 e. The summed E-state index contributed by atoms with van der Waals surface area (Å²) in [4.78, 5) is 13.2. The van der Waals surface area contributed by atoms with E-state index in [4.69, 9.17) is 4.74 Å². The van der Waals surface area contributed by atoms with Gasteiger partial charge in [-0.25, -0.2) is 0 Å². The Morgan fingerprint density at radius 2 is 1.29 bits per heavy atom. The lowest BCUT2D eigenvalue weighted by Crippen LogP contribution is -2.67. The number of carbonyl (C=O) groups is 1. The third-order valence-electron chi connectivity index (χ3n) is 17.3. The van der Waals surface area contributed by atoms with E-state index in [0.29, 0.717) is 39.9 Å². The first-order valence-corrected chi connectivity index (χ1v) is 21.6. The van der Waals surface area contributed by atoms with Gasteiger partial charge < -0.3 is 4.74 Å². The highest BCUT2D eigenvalue weighted by Crippen LogP contribution is 2.77. The molecule has 5 aliphatic rings. The molecule has 2 nitrogen and oxygen atoms in total. The van der Waals surface area contributed by atoms with Gasteiger partial charge >= 0.3 is 5.97 Å². The largest absolute Gasteiger partial charge is 0.462 e. The molecule has 276 valence electrons. The van der Waals surface area contributed by atoms with Crippen LogP contribution in [-0.2, 0) is 9.53 Å². The Kier molecular flexibility index (Phi) is 12.4. The van der Waals surface area contributed by atoms with Crippen molar-refractivity contribution in [3.05, 3.63) is 12.2 Å². The van der Waals surface area contributed by atoms with E-state index in [1.165, 1.54) is 140 Å². The standard InChI is InChI=1S/C46H80O2/c1-10-11-12-13-14-15-16-17-18-19-20-21-22-23-40(47)48-39-28-30-44(7)37(42(39,4)5)27-31-46(9)38(44)25-24-36-41-35(3)34(2)26-29-43(41,6)32-33-45(36,46)8/h35-39,41H,2,10-33H2,1,3-9H3/t35-,36+,37+,38-,39+,41-,43-,44+,45-,46-/m1/s1. The monoisotopic (exact) mass is 665 g/mol. The molecule has 0 unspecified atom stereocenters. The molecular weight excluding hydrogens is 585 g/mol. The summed E-state index contributed by atoms with van der Waals surface area (Å²) in [6.45, 7) is 25.2. The van der Waals surface area contributed by atoms with Gasteiger partial charge in [-0.2, -0.15) is 0 Å². The molecule has 0 aliphatic heterocycles. The molecule has 0 amide bonds. The Morgan fingerprint density at radius 3 is 1.92 bits per heavy atom. The zero-order chi connectivity index (χ0) is 34.8. The summed E-state index contributed by atoms with van der Waals surface area (Å²) >= 11 is 0. The number of ether oxygens (including phenoxy) is 1. The maximum absolute atomic E-state index is 13.2. The summed E-state index contributed by atoms with van der Waals surface area (Å²) in [5.74, 6) is 3.79. The smallest absolute Gasteiger partial charge is 0.306 e. The van der Waals surface area contributed by atoms with Gasteiger partial charge in [-0.15, -0.1) is 0 Å². The molecule has 0 aromatic heterocycles. The van der Waals surface area contributed by atoms with E-state index < -0.39 is 0 Å². The van der Waals surface area contributed by atoms with Gasteiger partial charge in [0.15, 0.2) is 0 Å². The van der Waals surface area contributed by atoms with Crippen molar-refractivity contribution in [1.82, 2.24) is 0 Å². The number of esters is 1. The Morgan fingerprint density at radius 1 is 0.688 bits per heavy atom. The summed E-state index contributed by atoms with van der Waals surface area (Å²) in [7, 11) is 0. The molecule has 0 bridgehead atoms. The normalized spacial score (nSPS) is 41.9. The summed E-state index contributed by atoms with van der Waals surface area (Å²) in [5, 5.41) is 0. The van der Waals surface area contributed by atoms with Crippen molar-refractivity contribution in [3.63, 3.8) is 0 Å². The van der Waals surface area contributed by atoms with Gasteiger partial charge in [-0.05, 0) is 122 Å². The van der Waals surface area contributed by atoms with Crippen LogP contribution in [0, 0.1) is 56.7 Å². The molecule has 0 N–H and O–H groups in total. The molecule has 5 aliphatic carbocycles. The van der Waals surface area contributed by atoms with Gasteiger partial charge in [0.05, 0.1) is 0 Å². The van der Waals surface area contributed by atoms with Crippen LogP contribution in [0.4, 0.5) is 0 Å². The van der Waals surface area contributed by atoms with E-state index in [9.17, 15) is 4.79 Å². The van der Waals surface area contributed by atoms with Crippen LogP contribution in [-0.4, -0.2) is 12.1 Å². The number of carbonyl (C=O) groups excluding carboxylic acids is 1. The van der Waals surface area contributed by atoms with E-state index in [1.54, 1.807) is 0 Å². The number of rotatable bonds is 15. The van der Waals surface area contributed by atoms with E-state index in [2.05, 4.69) is 62.0 Å². The maximum Gasteiger partial charge on any atom is 0.306 e. The number of unbranched alkanes of at least 4 members (excludes halogenated alkanes) is 12. The molecule has 0 radical (unpaired) electrons. The molecule has 5 rings (SSSR count). The third-order valence-corrected chi connectivity index (χ3v) is 17.3. The fourth-order valence-corrected chi connectivity index (χ4v) is 14.1. The molecule has 48 heavy (non-hydrogen) atoms. The van der Waals surface area contributed by atoms with Crippen LogP contribution in [0.1, 0.15) is 209 Å². The molecule has 0 saturated heterocycles. The molecule has 0 spiro atoms. The minimum absolute atomic E-state index is 0.0402. The fraction of sp³-hybridized carbons (Fsp3) is 0.935. The fourth-order valence-electron chi connectivity index (χ4n) is 14.1. The molecule has 0 aromatic carbocycles. The molecule has 2 heteroatoms. The van der Waals surface area contributed by atoms with Crippen LogP contribution in [0.15, 0.2) is 12.2 Å². The zero-order valence-electron chi connectivity index (χ0n) is 33.5. The Hall–Kier alpha value is -0.790. The molecule has 5 saturated carbocycles. The van der Waals surface area contributed by atoms with Crippen LogP contribution in [0.3, 0.4) is 0 Å². The Labute approximate surface area is 299 Å². The van der Waals surface area contributed by atoms with Crippen molar-refractivity contribution in [1.29, 1.82) is 0 Å². The molecule has 0 heterocycles. The Bertz CT molecular complexity index is 1090. The molecule has 10 atom stereocenters. The average molecular weight is 665 g/mol. The van der Waals surface area contributed by atoms with Gasteiger partial charge in [0.25, 0.3) is 0 Å². The second kappa shape index (κ2) is 15.4. The van der Waals surface area contributed by atoms with Crippen molar-refractivity contribution in [2.45, 2.75) is 216 Å². The predicted molar refractivity (Wildman–Crippen MR) is 205 cm³/mol. The second-order valence-corrected chi connectivity index (χ2v) is 20.1. The number of hydrogen-bond acceptors (Lipinski definition) is 2. The SMILES string of the molecule is C=C1CC[C@]2(C)CC[C@]3(C)[C@@H](CC[C@@H]4[C@@]5(C)CC[C@H](OC(=O)CCCCCCCCCCCCCCC)C(C)(C)[C@@H]5CC[C@]43C)[C@H]2[C@@H]1C. The first-order chi connectivity index (χ1) is 22.7. The van der Waals surface area contributed by atoms with E-state index in [-0.39, 0.29) is 17.5 Å². The quantitative estimate of drug-likeness (QED) is 0.0989. The number of hydrogen-bond donors (Lipinski definition) is 0. The summed E-state index contributed by atoms with van der Waals surface area (Å²) in [5.41, 5.74) is 3.24. The highest BCUT2D eigenvalue weighted by atomic mass is 16.5. The van der Waals surface area contributed by atoms with E-state index in [0.717, 1.165) is 30.6 Å². The van der Waals surface area contributed by atoms with Crippen LogP contribution in [0.2, 0.25) is 0 Å². The predicted octanol–water partition coefficient (Wildman–Crippen LogP) is 14.1. The zero-order valence-corrected chi connectivity index (χ0v) is 33.5. The lowest BCUT2D eigenvalue weighted by Gasteiger charge is -2.73. The van der Waals surface area contributed by atoms with Crippen molar-refractivity contribution in [2.75, 3.05) is 0 Å². The lowest BCUT2D eigenvalue weighted by atomic mass is 9.31. The molecule has 5 fully saturated rings. The van der Waals surface area contributed by atoms with Crippen molar-refractivity contribution in [3.8, 4) is 0 Å². The first-order valence-electron chi connectivity index (χ1n) is 21.6. The number of allylic oxidation sites excluding steroid dienone is 1.